The number of pyridine rings is 1. The van der Waals surface area contributed by atoms with E-state index in [1.54, 1.807) is 0 Å². The average molecular weight is 673 g/mol. The standard InChI is InChI=1S/C44H28N4O2Si/c1-3-11-30(12-4-1)42-46-43(31-13-5-2-6-14-31)48-44(47-42)33-20-22-41-37(28-33)50-35-16-8-10-18-39(35)51(41)38-17-9-7-15-34(38)49-36-27-32(19-21-40(36)51)29-23-25-45-26-24-29/h1-28H. The van der Waals surface area contributed by atoms with Gasteiger partial charge in [-0.2, -0.15) is 0 Å². The number of fused-ring (bicyclic) bond motifs is 8. The molecule has 240 valence electrons. The van der Waals surface area contributed by atoms with E-state index in [0.29, 0.717) is 17.5 Å². The first-order valence-corrected chi connectivity index (χ1v) is 18.9. The Balaban J connectivity index is 1.20. The van der Waals surface area contributed by atoms with Gasteiger partial charge < -0.3 is 9.47 Å². The molecule has 2 aromatic heterocycles. The highest BCUT2D eigenvalue weighted by molar-refractivity contribution is 7.21. The SMILES string of the molecule is c1ccc(-c2nc(-c3ccccc3)nc(-c3ccc4c(c3)Oc3ccccc3[Si]43c4ccccc4Oc4cc(-c5ccncc5)ccc43)n2)cc1. The Morgan fingerprint density at radius 1 is 0.333 bits per heavy atom. The predicted molar refractivity (Wildman–Crippen MR) is 203 cm³/mol. The number of hydrogen-bond donors (Lipinski definition) is 0. The maximum atomic E-state index is 6.84. The molecule has 2 aliphatic rings. The zero-order valence-corrected chi connectivity index (χ0v) is 28.3. The zero-order chi connectivity index (χ0) is 33.8. The molecule has 0 fully saturated rings. The fourth-order valence-electron chi connectivity index (χ4n) is 7.47. The summed E-state index contributed by atoms with van der Waals surface area (Å²) in [6.07, 6.45) is 3.64. The summed E-state index contributed by atoms with van der Waals surface area (Å²) in [6, 6.07) is 54.1. The first-order chi connectivity index (χ1) is 25.3. The average Bonchev–Trinajstić information content (AvgIpc) is 3.21. The summed E-state index contributed by atoms with van der Waals surface area (Å²) in [5, 5.41) is 4.72. The predicted octanol–water partition coefficient (Wildman–Crippen LogP) is 7.52. The Morgan fingerprint density at radius 2 is 0.765 bits per heavy atom. The summed E-state index contributed by atoms with van der Waals surface area (Å²) in [5.41, 5.74) is 4.87. The molecule has 0 amide bonds. The molecule has 10 rings (SSSR count). The van der Waals surface area contributed by atoms with Crippen molar-refractivity contribution in [3.8, 4) is 68.3 Å². The highest BCUT2D eigenvalue weighted by atomic mass is 28.3. The van der Waals surface area contributed by atoms with Gasteiger partial charge in [-0.15, -0.1) is 0 Å². The lowest BCUT2D eigenvalue weighted by molar-refractivity contribution is 0.482. The van der Waals surface area contributed by atoms with Crippen LogP contribution < -0.4 is 30.2 Å². The fraction of sp³-hybridized carbons (Fsp3) is 0. The number of benzene rings is 6. The van der Waals surface area contributed by atoms with Gasteiger partial charge in [0.25, 0.3) is 0 Å². The molecular weight excluding hydrogens is 645 g/mol. The maximum absolute atomic E-state index is 6.84. The molecular formula is C44H28N4O2Si. The van der Waals surface area contributed by atoms with Crippen LogP contribution in [0.25, 0.3) is 45.3 Å². The van der Waals surface area contributed by atoms with E-state index in [2.05, 4.69) is 77.8 Å². The molecule has 0 radical (unpaired) electrons. The largest absolute Gasteiger partial charge is 0.458 e. The van der Waals surface area contributed by atoms with Gasteiger partial charge >= 0.3 is 0 Å². The molecule has 2 aliphatic heterocycles. The molecule has 6 nitrogen and oxygen atoms in total. The number of aromatic nitrogens is 4. The number of hydrogen-bond acceptors (Lipinski definition) is 6. The van der Waals surface area contributed by atoms with E-state index in [4.69, 9.17) is 24.4 Å². The van der Waals surface area contributed by atoms with Crippen LogP contribution in [0.5, 0.6) is 23.0 Å². The highest BCUT2D eigenvalue weighted by Crippen LogP contribution is 2.38. The van der Waals surface area contributed by atoms with E-state index in [0.717, 1.165) is 56.0 Å². The highest BCUT2D eigenvalue weighted by Gasteiger charge is 2.53. The summed E-state index contributed by atoms with van der Waals surface area (Å²) >= 11 is 0. The lowest BCUT2D eigenvalue weighted by Gasteiger charge is -2.43. The van der Waals surface area contributed by atoms with Crippen LogP contribution in [0.4, 0.5) is 0 Å². The molecule has 0 bridgehead atoms. The fourth-order valence-corrected chi connectivity index (χ4v) is 12.6. The van der Waals surface area contributed by atoms with E-state index < -0.39 is 8.07 Å². The van der Waals surface area contributed by atoms with Crippen LogP contribution in [0.15, 0.2) is 170 Å². The van der Waals surface area contributed by atoms with Crippen LogP contribution in [-0.4, -0.2) is 28.0 Å². The molecule has 1 unspecified atom stereocenters. The van der Waals surface area contributed by atoms with Crippen LogP contribution in [0.1, 0.15) is 0 Å². The smallest absolute Gasteiger partial charge is 0.196 e. The Labute approximate surface area is 295 Å². The Morgan fingerprint density at radius 3 is 1.31 bits per heavy atom. The molecule has 0 saturated carbocycles. The quantitative estimate of drug-likeness (QED) is 0.180. The van der Waals surface area contributed by atoms with Crippen LogP contribution in [-0.2, 0) is 0 Å². The number of rotatable bonds is 4. The minimum absolute atomic E-state index is 0.582. The Kier molecular flexibility index (Phi) is 6.72. The third kappa shape index (κ3) is 4.70. The lowest BCUT2D eigenvalue weighted by atomic mass is 10.1. The van der Waals surface area contributed by atoms with Gasteiger partial charge in [0, 0.05) is 29.1 Å². The third-order valence-electron chi connectivity index (χ3n) is 9.76. The van der Waals surface area contributed by atoms with Gasteiger partial charge in [-0.25, -0.2) is 15.0 Å². The molecule has 51 heavy (non-hydrogen) atoms. The second-order valence-electron chi connectivity index (χ2n) is 12.6. The molecule has 8 aromatic rings. The number of para-hydroxylation sites is 2. The summed E-state index contributed by atoms with van der Waals surface area (Å²) in [5.74, 6) is 5.19. The minimum atomic E-state index is -2.94. The molecule has 0 N–H and O–H groups in total. The van der Waals surface area contributed by atoms with Gasteiger partial charge in [0.05, 0.1) is 0 Å². The lowest BCUT2D eigenvalue weighted by Crippen LogP contribution is -2.77. The van der Waals surface area contributed by atoms with Crippen molar-refractivity contribution in [3.63, 3.8) is 0 Å². The van der Waals surface area contributed by atoms with E-state index in [-0.39, 0.29) is 0 Å². The molecule has 0 saturated heterocycles. The van der Waals surface area contributed by atoms with Crippen molar-refractivity contribution in [2.75, 3.05) is 0 Å². The monoisotopic (exact) mass is 672 g/mol. The van der Waals surface area contributed by atoms with Crippen molar-refractivity contribution in [1.29, 1.82) is 0 Å². The Hall–Kier alpha value is -6.70. The van der Waals surface area contributed by atoms with E-state index in [1.807, 2.05) is 97.3 Å². The topological polar surface area (TPSA) is 70.0 Å². The van der Waals surface area contributed by atoms with E-state index >= 15 is 0 Å². The van der Waals surface area contributed by atoms with Crippen molar-refractivity contribution in [1.82, 2.24) is 19.9 Å². The van der Waals surface area contributed by atoms with Gasteiger partial charge in [-0.1, -0.05) is 121 Å². The first kappa shape index (κ1) is 29.2. The molecule has 1 atom stereocenters. The number of nitrogens with zero attached hydrogens (tertiary/aromatic N) is 4. The van der Waals surface area contributed by atoms with Crippen LogP contribution in [0.3, 0.4) is 0 Å². The van der Waals surface area contributed by atoms with Gasteiger partial charge in [0.2, 0.25) is 0 Å². The van der Waals surface area contributed by atoms with Crippen molar-refractivity contribution in [2.45, 2.75) is 0 Å². The zero-order valence-electron chi connectivity index (χ0n) is 27.3. The van der Waals surface area contributed by atoms with Crippen LogP contribution in [0.2, 0.25) is 0 Å². The van der Waals surface area contributed by atoms with Crippen molar-refractivity contribution >= 4 is 28.8 Å². The second-order valence-corrected chi connectivity index (χ2v) is 16.3. The molecule has 1 spiro atoms. The normalized spacial score (nSPS) is 15.1. The molecule has 7 heteroatoms. The first-order valence-electron chi connectivity index (χ1n) is 16.9. The minimum Gasteiger partial charge on any atom is -0.458 e. The van der Waals surface area contributed by atoms with Crippen molar-refractivity contribution in [3.05, 3.63) is 170 Å². The second kappa shape index (κ2) is 11.7. The number of ether oxygens (including phenoxy) is 2. The van der Waals surface area contributed by atoms with Crippen LogP contribution >= 0.6 is 0 Å². The van der Waals surface area contributed by atoms with Gasteiger partial charge in [-0.05, 0) is 68.3 Å². The van der Waals surface area contributed by atoms with Gasteiger partial charge in [-0.3, -0.25) is 4.98 Å². The van der Waals surface area contributed by atoms with E-state index in [9.17, 15) is 0 Å². The van der Waals surface area contributed by atoms with Gasteiger partial charge in [0.1, 0.15) is 23.0 Å². The summed E-state index contributed by atoms with van der Waals surface area (Å²) in [7, 11) is -2.94. The summed E-state index contributed by atoms with van der Waals surface area (Å²) in [6.45, 7) is 0. The van der Waals surface area contributed by atoms with E-state index in [1.165, 1.54) is 15.6 Å². The summed E-state index contributed by atoms with van der Waals surface area (Å²) < 4.78 is 13.6. The Bertz CT molecular complexity index is 2530. The summed E-state index contributed by atoms with van der Waals surface area (Å²) in [4.78, 5) is 19.2. The van der Waals surface area contributed by atoms with Crippen molar-refractivity contribution in [2.24, 2.45) is 0 Å². The van der Waals surface area contributed by atoms with Crippen LogP contribution in [0, 0.1) is 0 Å². The van der Waals surface area contributed by atoms with Gasteiger partial charge in [0.15, 0.2) is 25.5 Å². The molecule has 6 aromatic carbocycles. The maximum Gasteiger partial charge on any atom is 0.196 e. The molecule has 0 aliphatic carbocycles. The van der Waals surface area contributed by atoms with Crippen molar-refractivity contribution < 1.29 is 9.47 Å². The molecule has 4 heterocycles. The third-order valence-corrected chi connectivity index (χ3v) is 14.6.